The van der Waals surface area contributed by atoms with Gasteiger partial charge in [-0.3, -0.25) is 14.5 Å². The van der Waals surface area contributed by atoms with Gasteiger partial charge in [-0.1, -0.05) is 48.0 Å². The van der Waals surface area contributed by atoms with Crippen LogP contribution < -0.4 is 9.64 Å². The number of Topliss-reactive ketones (excluding diaryl/α,β-unsaturated/α-hetero) is 1. The van der Waals surface area contributed by atoms with Crippen LogP contribution in [0.4, 0.5) is 5.69 Å². The molecule has 1 saturated heterocycles. The Hall–Kier alpha value is -4.39. The van der Waals surface area contributed by atoms with Crippen LogP contribution in [0.1, 0.15) is 33.1 Å². The van der Waals surface area contributed by atoms with Crippen molar-refractivity contribution in [3.05, 3.63) is 101 Å². The van der Waals surface area contributed by atoms with Gasteiger partial charge >= 0.3 is 5.97 Å². The van der Waals surface area contributed by atoms with Crippen molar-refractivity contribution < 1.29 is 29.3 Å². The molecule has 1 amide bonds. The number of aliphatic hydroxyl groups is 1. The number of hydrogen-bond donors (Lipinski definition) is 2. The van der Waals surface area contributed by atoms with Crippen LogP contribution in [-0.2, 0) is 9.59 Å². The van der Waals surface area contributed by atoms with Gasteiger partial charge in [-0.15, -0.1) is 0 Å². The molecule has 2 N–H and O–H groups in total. The van der Waals surface area contributed by atoms with Gasteiger partial charge in [-0.25, -0.2) is 4.79 Å². The van der Waals surface area contributed by atoms with Crippen molar-refractivity contribution in [2.45, 2.75) is 13.0 Å². The molecule has 0 radical (unpaired) electrons. The van der Waals surface area contributed by atoms with Gasteiger partial charge in [-0.2, -0.15) is 0 Å². The minimum atomic E-state index is -1.16. The van der Waals surface area contributed by atoms with Crippen LogP contribution in [0.5, 0.6) is 5.75 Å². The topological polar surface area (TPSA) is 104 Å². The molecule has 0 unspecified atom stereocenters. The fourth-order valence-electron chi connectivity index (χ4n) is 3.86. The number of hydrogen-bond acceptors (Lipinski definition) is 5. The number of nitrogens with zero attached hydrogens (tertiary/aromatic N) is 1. The Morgan fingerprint density at radius 1 is 0.909 bits per heavy atom. The second kappa shape index (κ2) is 8.63. The Kier molecular flexibility index (Phi) is 5.70. The summed E-state index contributed by atoms with van der Waals surface area (Å²) in [4.78, 5) is 39.0. The number of carbonyl (C=O) groups excluding carboxylic acids is 2. The summed E-state index contributed by atoms with van der Waals surface area (Å²) < 4.78 is 5.21. The summed E-state index contributed by atoms with van der Waals surface area (Å²) >= 11 is 0. The van der Waals surface area contributed by atoms with Crippen LogP contribution in [0.15, 0.2) is 78.4 Å². The minimum absolute atomic E-state index is 0.0265. The zero-order chi connectivity index (χ0) is 23.7. The van der Waals surface area contributed by atoms with Crippen molar-refractivity contribution in [1.29, 1.82) is 0 Å². The molecule has 3 aromatic rings. The Bertz CT molecular complexity index is 1270. The van der Waals surface area contributed by atoms with Crippen LogP contribution >= 0.6 is 0 Å². The molecule has 0 bridgehead atoms. The first-order valence-corrected chi connectivity index (χ1v) is 10.2. The van der Waals surface area contributed by atoms with Crippen molar-refractivity contribution >= 4 is 29.1 Å². The Labute approximate surface area is 190 Å². The average molecular weight is 443 g/mol. The summed E-state index contributed by atoms with van der Waals surface area (Å²) in [5.74, 6) is -2.58. The minimum Gasteiger partial charge on any atom is -0.507 e. The quantitative estimate of drug-likeness (QED) is 0.346. The first-order chi connectivity index (χ1) is 15.8. The first kappa shape index (κ1) is 21.8. The van der Waals surface area contributed by atoms with Crippen molar-refractivity contribution in [2.75, 3.05) is 12.0 Å². The molecule has 3 aromatic carbocycles. The Morgan fingerprint density at radius 2 is 1.58 bits per heavy atom. The zero-order valence-electron chi connectivity index (χ0n) is 18.0. The first-order valence-electron chi connectivity index (χ1n) is 10.2. The smallest absolute Gasteiger partial charge is 0.335 e. The number of carboxylic acids is 1. The fourth-order valence-corrected chi connectivity index (χ4v) is 3.86. The Morgan fingerprint density at radius 3 is 2.18 bits per heavy atom. The Balaban J connectivity index is 1.94. The molecule has 33 heavy (non-hydrogen) atoms. The molecular weight excluding hydrogens is 422 g/mol. The lowest BCUT2D eigenvalue weighted by Gasteiger charge is -2.25. The van der Waals surface area contributed by atoms with E-state index in [1.54, 1.807) is 54.6 Å². The van der Waals surface area contributed by atoms with Crippen LogP contribution in [0.25, 0.3) is 5.76 Å². The maximum absolute atomic E-state index is 13.2. The number of amides is 1. The van der Waals surface area contributed by atoms with Gasteiger partial charge in [0.25, 0.3) is 11.7 Å². The molecule has 1 aliphatic heterocycles. The number of ketones is 1. The summed E-state index contributed by atoms with van der Waals surface area (Å²) in [5, 5.41) is 20.5. The maximum Gasteiger partial charge on any atom is 0.335 e. The van der Waals surface area contributed by atoms with Gasteiger partial charge in [0.1, 0.15) is 11.5 Å². The summed E-state index contributed by atoms with van der Waals surface area (Å²) in [7, 11) is 1.52. The normalized spacial score (nSPS) is 17.3. The van der Waals surface area contributed by atoms with E-state index in [1.165, 1.54) is 30.2 Å². The molecule has 0 spiro atoms. The van der Waals surface area contributed by atoms with E-state index < -0.39 is 23.7 Å². The predicted octanol–water partition coefficient (Wildman–Crippen LogP) is 4.33. The summed E-state index contributed by atoms with van der Waals surface area (Å²) in [6.45, 7) is 1.90. The van der Waals surface area contributed by atoms with Crippen molar-refractivity contribution in [2.24, 2.45) is 0 Å². The van der Waals surface area contributed by atoms with Gasteiger partial charge in [0.2, 0.25) is 0 Å². The summed E-state index contributed by atoms with van der Waals surface area (Å²) in [5.41, 5.74) is 2.07. The SMILES string of the molecule is COc1ccc([C@@H]2C(=C(O)c3ccc(C)cc3)C(=O)C(=O)N2c2cccc(C(=O)O)c2)cc1. The number of carboxylic acid groups (broad SMARTS) is 1. The third kappa shape index (κ3) is 3.96. The standard InChI is InChI=1S/C26H21NO6/c1-15-6-8-17(9-7-15)23(28)21-22(16-10-12-20(33-2)13-11-16)27(25(30)24(21)29)19-5-3-4-18(14-19)26(31)32/h3-14,22,28H,1-2H3,(H,31,32)/t22-/m1/s1. The highest BCUT2D eigenvalue weighted by atomic mass is 16.5. The number of carbonyl (C=O) groups is 3. The third-order valence-corrected chi connectivity index (χ3v) is 5.57. The second-order valence-electron chi connectivity index (χ2n) is 7.66. The van der Waals surface area contributed by atoms with E-state index in [0.717, 1.165) is 5.56 Å². The van der Waals surface area contributed by atoms with Crippen LogP contribution in [0.2, 0.25) is 0 Å². The second-order valence-corrected chi connectivity index (χ2v) is 7.66. The number of aliphatic hydroxyl groups excluding tert-OH is 1. The molecule has 7 nitrogen and oxygen atoms in total. The maximum atomic E-state index is 13.2. The van der Waals surface area contributed by atoms with Gasteiger partial charge in [0, 0.05) is 11.3 Å². The molecule has 166 valence electrons. The van der Waals surface area contributed by atoms with E-state index in [9.17, 15) is 24.6 Å². The fraction of sp³-hybridized carbons (Fsp3) is 0.115. The highest BCUT2D eigenvalue weighted by Crippen LogP contribution is 2.42. The predicted molar refractivity (Wildman–Crippen MR) is 122 cm³/mol. The lowest BCUT2D eigenvalue weighted by Crippen LogP contribution is -2.29. The molecule has 7 heteroatoms. The van der Waals surface area contributed by atoms with Crippen LogP contribution in [0, 0.1) is 6.92 Å². The van der Waals surface area contributed by atoms with Gasteiger partial charge < -0.3 is 14.9 Å². The van der Waals surface area contributed by atoms with E-state index in [4.69, 9.17) is 4.74 Å². The molecule has 4 rings (SSSR count). The molecule has 1 heterocycles. The van der Waals surface area contributed by atoms with E-state index in [0.29, 0.717) is 16.9 Å². The van der Waals surface area contributed by atoms with E-state index >= 15 is 0 Å². The highest BCUT2D eigenvalue weighted by Gasteiger charge is 2.47. The number of benzene rings is 3. The van der Waals surface area contributed by atoms with Crippen LogP contribution in [-0.4, -0.2) is 35.0 Å². The van der Waals surface area contributed by atoms with E-state index in [2.05, 4.69) is 0 Å². The van der Waals surface area contributed by atoms with Gasteiger partial charge in [0.15, 0.2) is 0 Å². The summed E-state index contributed by atoms with van der Waals surface area (Å²) in [6.07, 6.45) is 0. The highest BCUT2D eigenvalue weighted by molar-refractivity contribution is 6.51. The van der Waals surface area contributed by atoms with E-state index in [1.807, 2.05) is 6.92 Å². The molecule has 0 saturated carbocycles. The molecular formula is C26H21NO6. The lowest BCUT2D eigenvalue weighted by atomic mass is 9.94. The number of anilines is 1. The number of methoxy groups -OCH3 is 1. The van der Waals surface area contributed by atoms with Crippen LogP contribution in [0.3, 0.4) is 0 Å². The monoisotopic (exact) mass is 443 g/mol. The van der Waals surface area contributed by atoms with Gasteiger partial charge in [0.05, 0.1) is 24.3 Å². The molecule has 0 aliphatic carbocycles. The molecule has 1 atom stereocenters. The average Bonchev–Trinajstić information content (AvgIpc) is 3.09. The van der Waals surface area contributed by atoms with Crippen molar-refractivity contribution in [1.82, 2.24) is 0 Å². The lowest BCUT2D eigenvalue weighted by molar-refractivity contribution is -0.132. The number of aryl methyl sites for hydroxylation is 1. The summed E-state index contributed by atoms with van der Waals surface area (Å²) in [6, 6.07) is 18.6. The van der Waals surface area contributed by atoms with Crippen molar-refractivity contribution in [3.8, 4) is 5.75 Å². The van der Waals surface area contributed by atoms with E-state index in [-0.39, 0.29) is 22.6 Å². The molecule has 1 fully saturated rings. The number of aromatic carboxylic acids is 1. The molecule has 0 aromatic heterocycles. The zero-order valence-corrected chi connectivity index (χ0v) is 18.0. The number of rotatable bonds is 5. The molecule has 1 aliphatic rings. The van der Waals surface area contributed by atoms with Crippen molar-refractivity contribution in [3.63, 3.8) is 0 Å². The van der Waals surface area contributed by atoms with Gasteiger partial charge in [-0.05, 0) is 42.8 Å². The largest absolute Gasteiger partial charge is 0.507 e. The third-order valence-electron chi connectivity index (χ3n) is 5.57. The number of ether oxygens (including phenoxy) is 1.